The third-order valence-corrected chi connectivity index (χ3v) is 2.91. The van der Waals surface area contributed by atoms with Gasteiger partial charge in [-0.1, -0.05) is 57.4 Å². The molecule has 1 heteroatoms. The van der Waals surface area contributed by atoms with E-state index < -0.39 is 0 Å². The molecule has 0 heterocycles. The first-order valence-electron chi connectivity index (χ1n) is 7.10. The molecule has 0 unspecified atom stereocenters. The number of carbonyl (C=O) groups excluding carboxylic acids is 1. The molecule has 0 saturated heterocycles. The molecule has 0 bridgehead atoms. The fraction of sp³-hybridized carbons (Fsp3) is 0.688. The van der Waals surface area contributed by atoms with E-state index in [0.29, 0.717) is 5.78 Å². The van der Waals surface area contributed by atoms with Crippen molar-refractivity contribution in [3.8, 4) is 0 Å². The largest absolute Gasteiger partial charge is 0.300 e. The zero-order valence-corrected chi connectivity index (χ0v) is 11.4. The van der Waals surface area contributed by atoms with Crippen LogP contribution in [0.5, 0.6) is 0 Å². The van der Waals surface area contributed by atoms with Crippen molar-refractivity contribution in [1.29, 1.82) is 0 Å². The van der Waals surface area contributed by atoms with Crippen LogP contribution in [0.1, 0.15) is 71.1 Å². The van der Waals surface area contributed by atoms with Gasteiger partial charge in [0.1, 0.15) is 5.78 Å². The summed E-state index contributed by atoms with van der Waals surface area (Å²) in [7, 11) is 0. The first-order chi connectivity index (χ1) is 8.31. The molecular weight excluding hydrogens is 208 g/mol. The highest BCUT2D eigenvalue weighted by Crippen LogP contribution is 2.09. The predicted octanol–water partition coefficient (Wildman–Crippen LogP) is 5.22. The Morgan fingerprint density at radius 3 is 2.24 bits per heavy atom. The lowest BCUT2D eigenvalue weighted by atomic mass is 10.0. The first kappa shape index (κ1) is 16.1. The fourth-order valence-corrected chi connectivity index (χ4v) is 1.83. The Balaban J connectivity index is 3.21. The van der Waals surface area contributed by atoms with Gasteiger partial charge in [-0.2, -0.15) is 0 Å². The van der Waals surface area contributed by atoms with Gasteiger partial charge in [0.2, 0.25) is 0 Å². The Morgan fingerprint density at radius 1 is 1.00 bits per heavy atom. The average molecular weight is 236 g/mol. The molecule has 0 aliphatic heterocycles. The Morgan fingerprint density at radius 2 is 1.65 bits per heavy atom. The van der Waals surface area contributed by atoms with Crippen molar-refractivity contribution in [2.45, 2.75) is 71.1 Å². The average Bonchev–Trinajstić information content (AvgIpc) is 2.33. The monoisotopic (exact) mass is 236 g/mol. The lowest BCUT2D eigenvalue weighted by Gasteiger charge is -2.00. The molecule has 0 aromatic heterocycles. The topological polar surface area (TPSA) is 17.1 Å². The summed E-state index contributed by atoms with van der Waals surface area (Å²) in [4.78, 5) is 11.5. The van der Waals surface area contributed by atoms with E-state index in [1.807, 2.05) is 6.08 Å². The number of unbranched alkanes of at least 4 members (excludes halogenated alkanes) is 6. The molecule has 98 valence electrons. The fourth-order valence-electron chi connectivity index (χ4n) is 1.83. The summed E-state index contributed by atoms with van der Waals surface area (Å²) in [6, 6.07) is 0. The molecule has 0 aromatic carbocycles. The molecule has 0 fully saturated rings. The number of hydrogen-bond donors (Lipinski definition) is 0. The van der Waals surface area contributed by atoms with Gasteiger partial charge in [0.05, 0.1) is 0 Å². The van der Waals surface area contributed by atoms with Crippen molar-refractivity contribution < 1.29 is 4.79 Å². The second kappa shape index (κ2) is 13.2. The smallest absolute Gasteiger partial charge is 0.132 e. The number of carbonyl (C=O) groups is 1. The minimum absolute atomic E-state index is 0.461. The van der Waals surface area contributed by atoms with Gasteiger partial charge in [0.15, 0.2) is 0 Å². The van der Waals surface area contributed by atoms with Crippen LogP contribution in [0, 0.1) is 0 Å². The van der Waals surface area contributed by atoms with E-state index in [1.165, 1.54) is 32.1 Å². The third kappa shape index (κ3) is 13.1. The van der Waals surface area contributed by atoms with Crippen LogP contribution in [-0.4, -0.2) is 5.78 Å². The van der Waals surface area contributed by atoms with Gasteiger partial charge >= 0.3 is 0 Å². The zero-order valence-electron chi connectivity index (χ0n) is 11.4. The summed E-state index contributed by atoms with van der Waals surface area (Å²) in [5.41, 5.74) is 0. The Labute approximate surface area is 107 Å². The van der Waals surface area contributed by atoms with Crippen LogP contribution >= 0.6 is 0 Å². The number of rotatable bonds is 12. The van der Waals surface area contributed by atoms with Crippen LogP contribution in [0.4, 0.5) is 0 Å². The van der Waals surface area contributed by atoms with Gasteiger partial charge in [0, 0.05) is 12.8 Å². The van der Waals surface area contributed by atoms with Crippen LogP contribution in [0.15, 0.2) is 24.8 Å². The van der Waals surface area contributed by atoms with Crippen LogP contribution in [0.3, 0.4) is 0 Å². The minimum Gasteiger partial charge on any atom is -0.300 e. The number of allylic oxidation sites excluding steroid dienone is 3. The van der Waals surface area contributed by atoms with Crippen LogP contribution in [-0.2, 0) is 4.79 Å². The Bertz CT molecular complexity index is 216. The highest BCUT2D eigenvalue weighted by molar-refractivity contribution is 5.78. The molecular formula is C16H28O. The van der Waals surface area contributed by atoms with Gasteiger partial charge < -0.3 is 0 Å². The maximum atomic E-state index is 11.5. The molecule has 1 nitrogen and oxygen atoms in total. The molecule has 0 atom stereocenters. The van der Waals surface area contributed by atoms with Crippen molar-refractivity contribution in [3.63, 3.8) is 0 Å². The Kier molecular flexibility index (Phi) is 12.6. The van der Waals surface area contributed by atoms with Gasteiger partial charge in [0.25, 0.3) is 0 Å². The lowest BCUT2D eigenvalue weighted by Crippen LogP contribution is -1.97. The maximum Gasteiger partial charge on any atom is 0.132 e. The molecule has 0 aromatic rings. The minimum atomic E-state index is 0.461. The van der Waals surface area contributed by atoms with Crippen LogP contribution in [0.25, 0.3) is 0 Å². The highest BCUT2D eigenvalue weighted by atomic mass is 16.1. The van der Waals surface area contributed by atoms with Gasteiger partial charge in [-0.05, 0) is 25.7 Å². The van der Waals surface area contributed by atoms with Crippen molar-refractivity contribution in [1.82, 2.24) is 0 Å². The third-order valence-electron chi connectivity index (χ3n) is 2.91. The number of ketones is 1. The summed E-state index contributed by atoms with van der Waals surface area (Å²) < 4.78 is 0. The van der Waals surface area contributed by atoms with E-state index in [9.17, 15) is 4.79 Å². The second-order valence-corrected chi connectivity index (χ2v) is 4.61. The van der Waals surface area contributed by atoms with Crippen LogP contribution in [0.2, 0.25) is 0 Å². The summed E-state index contributed by atoms with van der Waals surface area (Å²) >= 11 is 0. The van der Waals surface area contributed by atoms with Gasteiger partial charge in [-0.3, -0.25) is 4.79 Å². The summed E-state index contributed by atoms with van der Waals surface area (Å²) in [6.07, 6.45) is 16.9. The first-order valence-corrected chi connectivity index (χ1v) is 7.10. The predicted molar refractivity (Wildman–Crippen MR) is 76.2 cm³/mol. The summed E-state index contributed by atoms with van der Waals surface area (Å²) in [5.74, 6) is 0.461. The molecule has 0 radical (unpaired) electrons. The van der Waals surface area contributed by atoms with E-state index in [2.05, 4.69) is 19.6 Å². The molecule has 0 rings (SSSR count). The quantitative estimate of drug-likeness (QED) is 0.335. The van der Waals surface area contributed by atoms with Crippen molar-refractivity contribution in [2.75, 3.05) is 0 Å². The van der Waals surface area contributed by atoms with E-state index >= 15 is 0 Å². The van der Waals surface area contributed by atoms with E-state index in [-0.39, 0.29) is 0 Å². The molecule has 0 spiro atoms. The van der Waals surface area contributed by atoms with Gasteiger partial charge in [-0.15, -0.1) is 0 Å². The SMILES string of the molecule is C=CC=CCCCCCC(=O)CCCCCC. The maximum absolute atomic E-state index is 11.5. The molecule has 0 amide bonds. The van der Waals surface area contributed by atoms with Crippen molar-refractivity contribution >= 4 is 5.78 Å². The normalized spacial score (nSPS) is 10.9. The summed E-state index contributed by atoms with van der Waals surface area (Å²) in [6.45, 7) is 5.83. The number of hydrogen-bond acceptors (Lipinski definition) is 1. The van der Waals surface area contributed by atoms with Gasteiger partial charge in [-0.25, -0.2) is 0 Å². The molecule has 0 aliphatic carbocycles. The highest BCUT2D eigenvalue weighted by Gasteiger charge is 2.00. The molecule has 0 saturated carbocycles. The molecule has 17 heavy (non-hydrogen) atoms. The lowest BCUT2D eigenvalue weighted by molar-refractivity contribution is -0.119. The van der Waals surface area contributed by atoms with E-state index in [4.69, 9.17) is 0 Å². The van der Waals surface area contributed by atoms with E-state index in [1.54, 1.807) is 6.08 Å². The molecule has 0 aliphatic rings. The Hall–Kier alpha value is -0.850. The molecule has 0 N–H and O–H groups in total. The second-order valence-electron chi connectivity index (χ2n) is 4.61. The van der Waals surface area contributed by atoms with E-state index in [0.717, 1.165) is 32.1 Å². The van der Waals surface area contributed by atoms with Crippen molar-refractivity contribution in [3.05, 3.63) is 24.8 Å². The van der Waals surface area contributed by atoms with Crippen LogP contribution < -0.4 is 0 Å². The zero-order chi connectivity index (χ0) is 12.8. The van der Waals surface area contributed by atoms with Crippen molar-refractivity contribution in [2.24, 2.45) is 0 Å². The standard InChI is InChI=1S/C16H28O/c1-3-5-7-9-10-11-13-15-16(17)14-12-8-6-4-2/h3,5,7H,1,4,6,8-15H2,2H3. The number of Topliss-reactive ketones (excluding diaryl/α,β-unsaturated/α-hetero) is 1. The summed E-state index contributed by atoms with van der Waals surface area (Å²) in [5, 5.41) is 0.